The smallest absolute Gasteiger partial charge is 0.417 e. The van der Waals surface area contributed by atoms with E-state index < -0.39 is 109 Å². The molecule has 1 aromatic carbocycles. The summed E-state index contributed by atoms with van der Waals surface area (Å²) < 4.78 is 10.3. The molecule has 0 saturated carbocycles. The molecule has 304 valence electrons. The number of carbonyl (C=O) groups excluding carboxylic acids is 7. The number of methoxy groups -OCH3 is 1. The first kappa shape index (κ1) is 47.6. The number of imide groups is 2. The molecule has 0 radical (unpaired) electrons. The number of nitrogens with zero attached hydrogens (tertiary/aromatic N) is 2. The summed E-state index contributed by atoms with van der Waals surface area (Å²) in [6.45, 7) is 8.45. The number of hydrogen-bond donors (Lipinski definition) is 6. The van der Waals surface area contributed by atoms with E-state index in [2.05, 4.69) is 10.6 Å². The van der Waals surface area contributed by atoms with Crippen molar-refractivity contribution in [1.29, 1.82) is 0 Å². The number of unbranched alkanes of at least 4 members (excludes halogenated alkanes) is 2. The highest BCUT2D eigenvalue weighted by Gasteiger charge is 2.42. The number of esters is 1. The number of rotatable bonds is 20. The quantitative estimate of drug-likeness (QED) is 0.0776. The number of aryl methyl sites for hydroxylation is 1. The molecule has 17 heteroatoms. The van der Waals surface area contributed by atoms with E-state index in [4.69, 9.17) is 20.9 Å². The predicted molar refractivity (Wildman–Crippen MR) is 198 cm³/mol. The summed E-state index contributed by atoms with van der Waals surface area (Å²) in [5.41, 5.74) is 11.9. The first-order valence-electron chi connectivity index (χ1n) is 18.1. The zero-order chi connectivity index (χ0) is 41.3. The monoisotopic (exact) mass is 764 g/mol. The zero-order valence-electron chi connectivity index (χ0n) is 32.7. The highest BCUT2D eigenvalue weighted by molar-refractivity contribution is 6.02. The number of nitrogens with two attached hydrogens (primary N) is 2. The van der Waals surface area contributed by atoms with Crippen LogP contribution in [0.1, 0.15) is 79.7 Å². The van der Waals surface area contributed by atoms with Crippen LogP contribution in [0, 0.1) is 11.8 Å². The zero-order valence-corrected chi connectivity index (χ0v) is 32.7. The highest BCUT2D eigenvalue weighted by Crippen LogP contribution is 2.20. The molecule has 54 heavy (non-hydrogen) atoms. The molecular formula is C37H60N6O11. The minimum atomic E-state index is -1.59. The first-order valence-corrected chi connectivity index (χ1v) is 18.1. The lowest BCUT2D eigenvalue weighted by Gasteiger charge is -2.34. The lowest BCUT2D eigenvalue weighted by molar-refractivity contribution is -0.163. The third-order valence-corrected chi connectivity index (χ3v) is 8.48. The van der Waals surface area contributed by atoms with Crippen molar-refractivity contribution in [2.45, 2.75) is 116 Å². The Hall–Kier alpha value is -4.45. The Balaban J connectivity index is 3.20. The molecule has 8 N–H and O–H groups in total. The fraction of sp³-hybridized carbons (Fsp3) is 0.649. The number of nitrogens with one attached hydrogen (secondary N) is 2. The van der Waals surface area contributed by atoms with Crippen LogP contribution in [0.4, 0.5) is 4.79 Å². The molecule has 1 aromatic rings. The largest absolute Gasteiger partial charge is 0.467 e. The van der Waals surface area contributed by atoms with Crippen LogP contribution in [0.5, 0.6) is 0 Å². The minimum Gasteiger partial charge on any atom is -0.467 e. The van der Waals surface area contributed by atoms with Crippen molar-refractivity contribution >= 4 is 41.6 Å². The molecule has 0 fully saturated rings. The maximum atomic E-state index is 13.9. The van der Waals surface area contributed by atoms with Gasteiger partial charge in [0.15, 0.2) is 0 Å². The van der Waals surface area contributed by atoms with E-state index in [1.54, 1.807) is 13.8 Å². The molecule has 0 saturated heterocycles. The van der Waals surface area contributed by atoms with Crippen molar-refractivity contribution < 1.29 is 53.2 Å². The molecule has 0 bridgehead atoms. The topological polar surface area (TPSA) is 261 Å². The number of carbonyl (C=O) groups is 7. The van der Waals surface area contributed by atoms with E-state index >= 15 is 0 Å². The Kier molecular flexibility index (Phi) is 20.0. The van der Waals surface area contributed by atoms with Crippen molar-refractivity contribution in [2.24, 2.45) is 23.3 Å². The SMILES string of the molecule is COC(=O)C(C(C)C)N(C(=O)CCCCCc1ccccc1)C(=O)C(N)C(CO)CNC(=O)[C@H](C)N(C(=O)OC(C)(C)C)C(=O)[C@H](C)NC(=O)[C@@H](N)CO. The Labute approximate surface area is 317 Å². The lowest BCUT2D eigenvalue weighted by Crippen LogP contribution is -2.60. The van der Waals surface area contributed by atoms with Gasteiger partial charge in [0, 0.05) is 25.5 Å². The summed E-state index contributed by atoms with van der Waals surface area (Å²) in [6, 6.07) is 2.64. The number of aliphatic hydroxyl groups is 2. The van der Waals surface area contributed by atoms with Crippen LogP contribution in [0.3, 0.4) is 0 Å². The number of aliphatic hydroxyl groups excluding tert-OH is 2. The van der Waals surface area contributed by atoms with E-state index in [9.17, 15) is 43.8 Å². The van der Waals surface area contributed by atoms with E-state index in [0.29, 0.717) is 17.7 Å². The number of amides is 6. The standard InChI is InChI=1S/C37H60N6O11/c1-22(2)30(35(51)53-8)43(28(46)18-14-10-13-17-25-15-11-9-12-16-25)34(50)29(39)26(20-44)19-40-31(47)24(4)42(36(52)54-37(5,6)7)33(49)23(3)41-32(48)27(38)21-45/h9,11-12,15-16,22-24,26-27,29-30,44-45H,10,13-14,17-21,38-39H2,1-8H3,(H,40,47)(H,41,48)/t23-,24-,26?,27-,29?,30?/m0/s1. The van der Waals surface area contributed by atoms with Crippen LogP contribution < -0.4 is 22.1 Å². The van der Waals surface area contributed by atoms with Gasteiger partial charge >= 0.3 is 12.1 Å². The molecule has 0 spiro atoms. The van der Waals surface area contributed by atoms with Crippen LogP contribution in [0.2, 0.25) is 0 Å². The van der Waals surface area contributed by atoms with Crippen molar-refractivity contribution in [1.82, 2.24) is 20.4 Å². The first-order chi connectivity index (χ1) is 25.2. The average Bonchev–Trinajstić information content (AvgIpc) is 3.11. The molecule has 0 aliphatic carbocycles. The van der Waals surface area contributed by atoms with Gasteiger partial charge < -0.3 is 41.8 Å². The van der Waals surface area contributed by atoms with Crippen molar-refractivity contribution in [3.63, 3.8) is 0 Å². The fourth-order valence-electron chi connectivity index (χ4n) is 5.35. The van der Waals surface area contributed by atoms with Gasteiger partial charge in [0.2, 0.25) is 23.6 Å². The van der Waals surface area contributed by atoms with Gasteiger partial charge in [-0.2, -0.15) is 0 Å². The fourth-order valence-corrected chi connectivity index (χ4v) is 5.35. The summed E-state index contributed by atoms with van der Waals surface area (Å²) in [7, 11) is 1.13. The number of hydrogen-bond acceptors (Lipinski definition) is 13. The molecule has 3 unspecified atom stereocenters. The Morgan fingerprint density at radius 3 is 1.96 bits per heavy atom. The number of ether oxygens (including phenoxy) is 2. The third kappa shape index (κ3) is 14.8. The van der Waals surface area contributed by atoms with E-state index in [1.807, 2.05) is 30.3 Å². The molecule has 0 aliphatic rings. The van der Waals surface area contributed by atoms with Crippen molar-refractivity contribution in [3.05, 3.63) is 35.9 Å². The molecule has 0 aliphatic heterocycles. The molecule has 6 amide bonds. The molecule has 17 nitrogen and oxygen atoms in total. The van der Waals surface area contributed by atoms with Gasteiger partial charge in [0.05, 0.1) is 19.8 Å². The van der Waals surface area contributed by atoms with Crippen LogP contribution in [0.25, 0.3) is 0 Å². The Bertz CT molecular complexity index is 1420. The summed E-state index contributed by atoms with van der Waals surface area (Å²) in [5.74, 6) is -7.04. The normalized spacial score (nSPS) is 14.8. The maximum Gasteiger partial charge on any atom is 0.417 e. The third-order valence-electron chi connectivity index (χ3n) is 8.48. The number of benzene rings is 1. The van der Waals surface area contributed by atoms with E-state index in [1.165, 1.54) is 34.6 Å². The van der Waals surface area contributed by atoms with Crippen molar-refractivity contribution in [2.75, 3.05) is 26.9 Å². The molecule has 0 aromatic heterocycles. The van der Waals surface area contributed by atoms with Crippen molar-refractivity contribution in [3.8, 4) is 0 Å². The van der Waals surface area contributed by atoms with Gasteiger partial charge in [-0.05, 0) is 65.4 Å². The van der Waals surface area contributed by atoms with E-state index in [-0.39, 0.29) is 6.42 Å². The van der Waals surface area contributed by atoms with Crippen LogP contribution in [0.15, 0.2) is 30.3 Å². The minimum absolute atomic E-state index is 0.0646. The summed E-state index contributed by atoms with van der Waals surface area (Å²) in [5, 5.41) is 24.2. The summed E-state index contributed by atoms with van der Waals surface area (Å²) >= 11 is 0. The Morgan fingerprint density at radius 2 is 1.44 bits per heavy atom. The van der Waals surface area contributed by atoms with Gasteiger partial charge in [0.25, 0.3) is 5.91 Å². The van der Waals surface area contributed by atoms with Gasteiger partial charge in [-0.15, -0.1) is 0 Å². The van der Waals surface area contributed by atoms with Gasteiger partial charge in [-0.25, -0.2) is 14.5 Å². The second-order valence-corrected chi connectivity index (χ2v) is 14.5. The predicted octanol–water partition coefficient (Wildman–Crippen LogP) is 0.371. The summed E-state index contributed by atoms with van der Waals surface area (Å²) in [6.07, 6.45) is 1.43. The van der Waals surface area contributed by atoms with Gasteiger partial charge in [-0.1, -0.05) is 50.6 Å². The lowest BCUT2D eigenvalue weighted by atomic mass is 9.95. The van der Waals surface area contributed by atoms with E-state index in [0.717, 1.165) is 30.4 Å². The molecule has 0 heterocycles. The second kappa shape index (κ2) is 22.7. The van der Waals surface area contributed by atoms with Crippen LogP contribution in [-0.2, 0) is 44.7 Å². The average molecular weight is 765 g/mol. The molecule has 6 atom stereocenters. The van der Waals surface area contributed by atoms with Crippen LogP contribution >= 0.6 is 0 Å². The molecule has 1 rings (SSSR count). The van der Waals surface area contributed by atoms with Gasteiger partial charge in [-0.3, -0.25) is 28.9 Å². The van der Waals surface area contributed by atoms with Gasteiger partial charge in [0.1, 0.15) is 29.8 Å². The maximum absolute atomic E-state index is 13.9. The van der Waals surface area contributed by atoms with Crippen LogP contribution in [-0.4, -0.2) is 124 Å². The summed E-state index contributed by atoms with van der Waals surface area (Å²) in [4.78, 5) is 93.9. The second-order valence-electron chi connectivity index (χ2n) is 14.5. The molecular weight excluding hydrogens is 704 g/mol. The Morgan fingerprint density at radius 1 is 0.833 bits per heavy atom. The highest BCUT2D eigenvalue weighted by atomic mass is 16.6.